The number of carbonyl (C=O) groups excluding carboxylic acids is 2. The Labute approximate surface area is 331 Å². The number of unbranched alkanes of at least 4 members (excludes halogenated alkanes) is 16. The van der Waals surface area contributed by atoms with Crippen LogP contribution in [0.4, 0.5) is 0 Å². The third-order valence-electron chi connectivity index (χ3n) is 9.72. The molecule has 3 aromatic rings. The first-order chi connectivity index (χ1) is 26.9. The minimum Gasteiger partial charge on any atom is -0.493 e. The standard InChI is InChI=1S/C48H68O7/c1-4-7-9-11-13-15-17-19-24-28-47(50)54-42-32-30-40(45(37-42)55-48(51)29-25-20-18-16-14-12-10-8-5-2)31-35-44(49)43-34-33-41(36-46(43)52-6-3)53-38-39-26-22-21-23-27-39/h21-23,26-27,30-37,44,49H,4-20,24-25,28-29,38H2,1-3H3. The van der Waals surface area contributed by atoms with Crippen LogP contribution < -0.4 is 18.9 Å². The van der Waals surface area contributed by atoms with Crippen molar-refractivity contribution in [2.45, 2.75) is 162 Å². The zero-order valence-corrected chi connectivity index (χ0v) is 34.0. The molecule has 0 spiro atoms. The van der Waals surface area contributed by atoms with Crippen molar-refractivity contribution in [1.29, 1.82) is 0 Å². The lowest BCUT2D eigenvalue weighted by atomic mass is 10.1. The first-order valence-corrected chi connectivity index (χ1v) is 21.3. The number of aliphatic hydroxyl groups is 1. The van der Waals surface area contributed by atoms with Crippen LogP contribution in [0.3, 0.4) is 0 Å². The van der Waals surface area contributed by atoms with Gasteiger partial charge in [-0.3, -0.25) is 9.59 Å². The van der Waals surface area contributed by atoms with Crippen LogP contribution in [0.25, 0.3) is 6.08 Å². The molecule has 3 rings (SSSR count). The fraction of sp³-hybridized carbons (Fsp3) is 0.542. The molecule has 0 aliphatic carbocycles. The topological polar surface area (TPSA) is 91.3 Å². The summed E-state index contributed by atoms with van der Waals surface area (Å²) < 4.78 is 23.4. The molecule has 0 fully saturated rings. The van der Waals surface area contributed by atoms with Crippen LogP contribution in [-0.4, -0.2) is 23.7 Å². The number of hydrogen-bond acceptors (Lipinski definition) is 7. The second-order valence-electron chi connectivity index (χ2n) is 14.5. The summed E-state index contributed by atoms with van der Waals surface area (Å²) in [7, 11) is 0. The number of aliphatic hydroxyl groups excluding tert-OH is 1. The summed E-state index contributed by atoms with van der Waals surface area (Å²) in [6.45, 7) is 7.19. The fourth-order valence-corrected chi connectivity index (χ4v) is 6.49. The smallest absolute Gasteiger partial charge is 0.311 e. The summed E-state index contributed by atoms with van der Waals surface area (Å²) >= 11 is 0. The quantitative estimate of drug-likeness (QED) is 0.0411. The summed E-state index contributed by atoms with van der Waals surface area (Å²) in [6.07, 6.45) is 24.0. The lowest BCUT2D eigenvalue weighted by molar-refractivity contribution is -0.135. The molecular weight excluding hydrogens is 689 g/mol. The molecule has 0 aliphatic rings. The zero-order chi connectivity index (χ0) is 39.4. The Hall–Kier alpha value is -4.10. The van der Waals surface area contributed by atoms with Gasteiger partial charge in [-0.2, -0.15) is 0 Å². The van der Waals surface area contributed by atoms with Gasteiger partial charge < -0.3 is 24.1 Å². The average Bonchev–Trinajstić information content (AvgIpc) is 3.19. The largest absolute Gasteiger partial charge is 0.493 e. The maximum Gasteiger partial charge on any atom is 0.311 e. The molecule has 0 radical (unpaired) electrons. The fourth-order valence-electron chi connectivity index (χ4n) is 6.49. The second kappa shape index (κ2) is 28.3. The van der Waals surface area contributed by atoms with Crippen LogP contribution in [0.5, 0.6) is 23.0 Å². The molecule has 0 aromatic heterocycles. The molecule has 0 saturated carbocycles. The summed E-state index contributed by atoms with van der Waals surface area (Å²) in [5, 5.41) is 11.3. The number of carbonyl (C=O) groups is 2. The highest BCUT2D eigenvalue weighted by Gasteiger charge is 2.16. The highest BCUT2D eigenvalue weighted by molar-refractivity contribution is 5.76. The Bertz CT molecular complexity index is 1520. The zero-order valence-electron chi connectivity index (χ0n) is 34.0. The normalized spacial score (nSPS) is 11.8. The van der Waals surface area contributed by atoms with Crippen molar-refractivity contribution in [2.75, 3.05) is 6.61 Å². The highest BCUT2D eigenvalue weighted by atomic mass is 16.5. The molecule has 7 heteroatoms. The molecule has 55 heavy (non-hydrogen) atoms. The van der Waals surface area contributed by atoms with E-state index in [1.807, 2.05) is 43.3 Å². The molecule has 0 saturated heterocycles. The van der Waals surface area contributed by atoms with Crippen molar-refractivity contribution in [1.82, 2.24) is 0 Å². The average molecular weight is 757 g/mol. The maximum absolute atomic E-state index is 13.0. The van der Waals surface area contributed by atoms with Gasteiger partial charge in [0, 0.05) is 36.1 Å². The van der Waals surface area contributed by atoms with Gasteiger partial charge in [0.2, 0.25) is 0 Å². The minimum atomic E-state index is -1.01. The predicted octanol–water partition coefficient (Wildman–Crippen LogP) is 13.1. The summed E-state index contributed by atoms with van der Waals surface area (Å²) in [6, 6.07) is 20.4. The second-order valence-corrected chi connectivity index (χ2v) is 14.5. The van der Waals surface area contributed by atoms with Crippen LogP contribution in [0.2, 0.25) is 0 Å². The molecule has 1 N–H and O–H groups in total. The number of ether oxygens (including phenoxy) is 4. The van der Waals surface area contributed by atoms with Gasteiger partial charge in [0.15, 0.2) is 0 Å². The monoisotopic (exact) mass is 756 g/mol. The van der Waals surface area contributed by atoms with E-state index in [4.69, 9.17) is 18.9 Å². The van der Waals surface area contributed by atoms with Gasteiger partial charge in [-0.25, -0.2) is 0 Å². The summed E-state index contributed by atoms with van der Waals surface area (Å²) in [4.78, 5) is 25.8. The van der Waals surface area contributed by atoms with Crippen LogP contribution in [0.1, 0.15) is 172 Å². The molecule has 0 heterocycles. The molecule has 0 amide bonds. The van der Waals surface area contributed by atoms with Crippen molar-refractivity contribution < 1.29 is 33.6 Å². The van der Waals surface area contributed by atoms with Crippen molar-refractivity contribution in [3.05, 3.63) is 89.5 Å². The third kappa shape index (κ3) is 19.4. The Kier molecular flexibility index (Phi) is 23.3. The van der Waals surface area contributed by atoms with E-state index >= 15 is 0 Å². The van der Waals surface area contributed by atoms with E-state index in [9.17, 15) is 14.7 Å². The van der Waals surface area contributed by atoms with E-state index in [2.05, 4.69) is 13.8 Å². The van der Waals surface area contributed by atoms with Gasteiger partial charge >= 0.3 is 11.9 Å². The van der Waals surface area contributed by atoms with Crippen molar-refractivity contribution in [3.63, 3.8) is 0 Å². The molecule has 1 atom stereocenters. The molecule has 0 bridgehead atoms. The van der Waals surface area contributed by atoms with Crippen LogP contribution in [0.15, 0.2) is 72.8 Å². The van der Waals surface area contributed by atoms with Crippen LogP contribution >= 0.6 is 0 Å². The molecule has 7 nitrogen and oxygen atoms in total. The van der Waals surface area contributed by atoms with Gasteiger partial charge in [-0.15, -0.1) is 0 Å². The van der Waals surface area contributed by atoms with Gasteiger partial charge in [0.05, 0.1) is 6.61 Å². The summed E-state index contributed by atoms with van der Waals surface area (Å²) in [5.41, 5.74) is 2.21. The minimum absolute atomic E-state index is 0.285. The Morgan fingerprint density at radius 3 is 1.69 bits per heavy atom. The van der Waals surface area contributed by atoms with Crippen molar-refractivity contribution >= 4 is 18.0 Å². The van der Waals surface area contributed by atoms with E-state index in [0.29, 0.717) is 54.4 Å². The number of benzene rings is 3. The third-order valence-corrected chi connectivity index (χ3v) is 9.72. The number of rotatable bonds is 30. The van der Waals surface area contributed by atoms with E-state index < -0.39 is 6.10 Å². The highest BCUT2D eigenvalue weighted by Crippen LogP contribution is 2.33. The first-order valence-electron chi connectivity index (χ1n) is 21.3. The predicted molar refractivity (Wildman–Crippen MR) is 224 cm³/mol. The van der Waals surface area contributed by atoms with Gasteiger partial charge in [0.25, 0.3) is 0 Å². The molecular formula is C48H68O7. The van der Waals surface area contributed by atoms with Gasteiger partial charge in [-0.05, 0) is 49.6 Å². The SMILES string of the molecule is CCCCCCCCCCCC(=O)Oc1ccc(C=CC(O)c2ccc(OCc3ccccc3)cc2OCC)c(OC(=O)CCCCCCCCCCC)c1. The van der Waals surface area contributed by atoms with Crippen LogP contribution in [0, 0.1) is 0 Å². The molecule has 1 unspecified atom stereocenters. The number of hydrogen-bond donors (Lipinski definition) is 1. The summed E-state index contributed by atoms with van der Waals surface area (Å²) in [5.74, 6) is 1.14. The number of esters is 2. The molecule has 0 aliphatic heterocycles. The van der Waals surface area contributed by atoms with Crippen molar-refractivity contribution in [2.24, 2.45) is 0 Å². The Balaban J connectivity index is 1.64. The van der Waals surface area contributed by atoms with E-state index in [1.54, 1.807) is 42.5 Å². The lowest BCUT2D eigenvalue weighted by Crippen LogP contribution is -2.10. The van der Waals surface area contributed by atoms with Crippen molar-refractivity contribution in [3.8, 4) is 23.0 Å². The first kappa shape index (κ1) is 45.3. The Morgan fingerprint density at radius 2 is 1.11 bits per heavy atom. The van der Waals surface area contributed by atoms with Crippen LogP contribution in [-0.2, 0) is 16.2 Å². The van der Waals surface area contributed by atoms with Gasteiger partial charge in [0.1, 0.15) is 35.7 Å². The molecule has 3 aromatic carbocycles. The van der Waals surface area contributed by atoms with E-state index in [0.717, 1.165) is 44.1 Å². The maximum atomic E-state index is 13.0. The lowest BCUT2D eigenvalue weighted by Gasteiger charge is -2.16. The molecule has 302 valence electrons. The van der Waals surface area contributed by atoms with E-state index in [-0.39, 0.29) is 17.7 Å². The van der Waals surface area contributed by atoms with Gasteiger partial charge in [-0.1, -0.05) is 159 Å². The Morgan fingerprint density at radius 1 is 0.582 bits per heavy atom. The van der Waals surface area contributed by atoms with E-state index in [1.165, 1.54) is 77.0 Å².